The Morgan fingerprint density at radius 2 is 2.19 bits per heavy atom. The first-order chi connectivity index (χ1) is 10.1. The molecule has 0 saturated carbocycles. The van der Waals surface area contributed by atoms with Crippen LogP contribution in [0.4, 0.5) is 0 Å². The largest absolute Gasteiger partial charge is 0.380 e. The maximum absolute atomic E-state index is 5.53. The predicted octanol–water partition coefficient (Wildman–Crippen LogP) is 3.06. The molecule has 2 rings (SSSR count). The van der Waals surface area contributed by atoms with Gasteiger partial charge in [-0.05, 0) is 51.4 Å². The number of hydrogen-bond acceptors (Lipinski definition) is 3. The summed E-state index contributed by atoms with van der Waals surface area (Å²) in [7, 11) is 2.23. The molecular formula is C18H30N2O. The average Bonchev–Trinajstić information content (AvgIpc) is 3.00. The monoisotopic (exact) mass is 290 g/mol. The number of rotatable bonds is 7. The van der Waals surface area contributed by atoms with Gasteiger partial charge in [-0.1, -0.05) is 30.7 Å². The number of ether oxygens (including phenoxy) is 1. The van der Waals surface area contributed by atoms with E-state index < -0.39 is 0 Å². The molecule has 0 aromatic heterocycles. The van der Waals surface area contributed by atoms with Gasteiger partial charge in [0.15, 0.2) is 0 Å². The van der Waals surface area contributed by atoms with Gasteiger partial charge in [-0.15, -0.1) is 0 Å². The third-order valence-corrected chi connectivity index (χ3v) is 4.45. The molecule has 1 N–H and O–H groups in total. The van der Waals surface area contributed by atoms with Gasteiger partial charge in [0.1, 0.15) is 0 Å². The van der Waals surface area contributed by atoms with Crippen LogP contribution in [0.25, 0.3) is 0 Å². The van der Waals surface area contributed by atoms with Crippen LogP contribution in [0.15, 0.2) is 18.2 Å². The van der Waals surface area contributed by atoms with Crippen molar-refractivity contribution in [2.45, 2.75) is 45.7 Å². The van der Waals surface area contributed by atoms with Gasteiger partial charge in [-0.3, -0.25) is 4.90 Å². The molecule has 2 unspecified atom stereocenters. The molecule has 1 heterocycles. The van der Waals surface area contributed by atoms with Gasteiger partial charge < -0.3 is 10.1 Å². The zero-order chi connectivity index (χ0) is 15.2. The van der Waals surface area contributed by atoms with Crippen LogP contribution in [0.2, 0.25) is 0 Å². The summed E-state index contributed by atoms with van der Waals surface area (Å²) in [6.45, 7) is 10.5. The molecule has 1 aromatic carbocycles. The summed E-state index contributed by atoms with van der Waals surface area (Å²) in [6.07, 6.45) is 2.32. The van der Waals surface area contributed by atoms with Gasteiger partial charge in [0, 0.05) is 25.2 Å². The van der Waals surface area contributed by atoms with Gasteiger partial charge >= 0.3 is 0 Å². The molecule has 0 bridgehead atoms. The van der Waals surface area contributed by atoms with Crippen molar-refractivity contribution in [3.05, 3.63) is 34.9 Å². The molecule has 0 spiro atoms. The molecular weight excluding hydrogens is 260 g/mol. The minimum atomic E-state index is 0.399. The quantitative estimate of drug-likeness (QED) is 0.835. The molecule has 1 aromatic rings. The minimum Gasteiger partial charge on any atom is -0.380 e. The first-order valence-electron chi connectivity index (χ1n) is 8.20. The fraction of sp³-hybridized carbons (Fsp3) is 0.667. The smallest absolute Gasteiger partial charge is 0.0622 e. The van der Waals surface area contributed by atoms with Gasteiger partial charge in [-0.2, -0.15) is 0 Å². The lowest BCUT2D eigenvalue weighted by Gasteiger charge is -2.30. The van der Waals surface area contributed by atoms with Crippen LogP contribution in [-0.2, 0) is 4.74 Å². The average molecular weight is 290 g/mol. The van der Waals surface area contributed by atoms with Crippen LogP contribution in [-0.4, -0.2) is 44.3 Å². The van der Waals surface area contributed by atoms with E-state index in [0.29, 0.717) is 12.1 Å². The highest BCUT2D eigenvalue weighted by Crippen LogP contribution is 2.22. The van der Waals surface area contributed by atoms with E-state index in [1.54, 1.807) is 0 Å². The number of hydrogen-bond donors (Lipinski definition) is 1. The highest BCUT2D eigenvalue weighted by molar-refractivity contribution is 5.33. The summed E-state index contributed by atoms with van der Waals surface area (Å²) in [5, 5.41) is 3.73. The number of aryl methyl sites for hydroxylation is 2. The fourth-order valence-corrected chi connectivity index (χ4v) is 3.03. The van der Waals surface area contributed by atoms with Crippen LogP contribution in [0.5, 0.6) is 0 Å². The van der Waals surface area contributed by atoms with E-state index in [4.69, 9.17) is 4.74 Å². The SMILES string of the molecule is CCCNC(CN(C)C1CCOC1)c1cc(C)ccc1C. The van der Waals surface area contributed by atoms with E-state index in [0.717, 1.165) is 39.1 Å². The van der Waals surface area contributed by atoms with Crippen LogP contribution >= 0.6 is 0 Å². The second kappa shape index (κ2) is 7.92. The second-order valence-corrected chi connectivity index (χ2v) is 6.32. The van der Waals surface area contributed by atoms with E-state index in [2.05, 4.69) is 56.2 Å². The second-order valence-electron chi connectivity index (χ2n) is 6.32. The van der Waals surface area contributed by atoms with Gasteiger partial charge in [0.05, 0.1) is 6.61 Å². The van der Waals surface area contributed by atoms with Crippen LogP contribution in [0.3, 0.4) is 0 Å². The zero-order valence-electron chi connectivity index (χ0n) is 14.0. The third-order valence-electron chi connectivity index (χ3n) is 4.45. The van der Waals surface area contributed by atoms with Crippen molar-refractivity contribution < 1.29 is 4.74 Å². The Hall–Kier alpha value is -0.900. The summed E-state index contributed by atoms with van der Waals surface area (Å²) in [5.41, 5.74) is 4.16. The Bertz CT molecular complexity index is 441. The third kappa shape index (κ3) is 4.53. The highest BCUT2D eigenvalue weighted by Gasteiger charge is 2.23. The Morgan fingerprint density at radius 3 is 2.86 bits per heavy atom. The molecule has 1 aliphatic rings. The normalized spacial score (nSPS) is 20.1. The van der Waals surface area contributed by atoms with Crippen molar-refractivity contribution in [3.63, 3.8) is 0 Å². The molecule has 0 radical (unpaired) electrons. The summed E-state index contributed by atoms with van der Waals surface area (Å²) < 4.78 is 5.53. The van der Waals surface area contributed by atoms with Crippen molar-refractivity contribution in [2.24, 2.45) is 0 Å². The molecule has 21 heavy (non-hydrogen) atoms. The maximum Gasteiger partial charge on any atom is 0.0622 e. The van der Waals surface area contributed by atoms with E-state index in [1.807, 2.05) is 0 Å². The number of nitrogens with one attached hydrogen (secondary N) is 1. The molecule has 0 aliphatic carbocycles. The first-order valence-corrected chi connectivity index (χ1v) is 8.20. The van der Waals surface area contributed by atoms with Crippen LogP contribution in [0, 0.1) is 13.8 Å². The fourth-order valence-electron chi connectivity index (χ4n) is 3.03. The highest BCUT2D eigenvalue weighted by atomic mass is 16.5. The summed E-state index contributed by atoms with van der Waals surface area (Å²) in [6, 6.07) is 7.74. The summed E-state index contributed by atoms with van der Waals surface area (Å²) in [4.78, 5) is 2.46. The van der Waals surface area contributed by atoms with Gasteiger partial charge in [0.25, 0.3) is 0 Å². The van der Waals surface area contributed by atoms with Gasteiger partial charge in [-0.25, -0.2) is 0 Å². The summed E-state index contributed by atoms with van der Waals surface area (Å²) in [5.74, 6) is 0. The molecule has 3 heteroatoms. The Kier molecular flexibility index (Phi) is 6.22. The van der Waals surface area contributed by atoms with Crippen molar-refractivity contribution >= 4 is 0 Å². The number of likely N-dealkylation sites (N-methyl/N-ethyl adjacent to an activating group) is 1. The molecule has 1 aliphatic heterocycles. The molecule has 118 valence electrons. The Labute approximate surface area is 129 Å². The predicted molar refractivity (Wildman–Crippen MR) is 88.8 cm³/mol. The zero-order valence-corrected chi connectivity index (χ0v) is 14.0. The topological polar surface area (TPSA) is 24.5 Å². The first kappa shape index (κ1) is 16.5. The molecule has 3 nitrogen and oxygen atoms in total. The van der Waals surface area contributed by atoms with Crippen LogP contribution < -0.4 is 5.32 Å². The Balaban J connectivity index is 2.11. The van der Waals surface area contributed by atoms with Gasteiger partial charge in [0.2, 0.25) is 0 Å². The standard InChI is InChI=1S/C18H30N2O/c1-5-9-19-18(12-20(4)16-8-10-21-13-16)17-11-14(2)6-7-15(17)3/h6-7,11,16,18-19H,5,8-10,12-13H2,1-4H3. The number of nitrogens with zero attached hydrogens (tertiary/aromatic N) is 1. The van der Waals surface area contributed by atoms with Crippen LogP contribution in [0.1, 0.15) is 42.5 Å². The lowest BCUT2D eigenvalue weighted by atomic mass is 9.98. The molecule has 1 saturated heterocycles. The maximum atomic E-state index is 5.53. The number of benzene rings is 1. The van der Waals surface area contributed by atoms with Crippen molar-refractivity contribution in [2.75, 3.05) is 33.4 Å². The molecule has 1 fully saturated rings. The van der Waals surface area contributed by atoms with E-state index in [1.165, 1.54) is 16.7 Å². The minimum absolute atomic E-state index is 0.399. The van der Waals surface area contributed by atoms with E-state index in [9.17, 15) is 0 Å². The molecule has 2 atom stereocenters. The van der Waals surface area contributed by atoms with Crippen molar-refractivity contribution in [1.82, 2.24) is 10.2 Å². The lowest BCUT2D eigenvalue weighted by molar-refractivity contribution is 0.153. The van der Waals surface area contributed by atoms with Crippen molar-refractivity contribution in [1.29, 1.82) is 0 Å². The van der Waals surface area contributed by atoms with E-state index >= 15 is 0 Å². The lowest BCUT2D eigenvalue weighted by Crippen LogP contribution is -2.39. The molecule has 0 amide bonds. The van der Waals surface area contributed by atoms with E-state index in [-0.39, 0.29) is 0 Å². The van der Waals surface area contributed by atoms with Crippen molar-refractivity contribution in [3.8, 4) is 0 Å². The Morgan fingerprint density at radius 1 is 1.38 bits per heavy atom. The summed E-state index contributed by atoms with van der Waals surface area (Å²) >= 11 is 0.